The van der Waals surface area contributed by atoms with Crippen LogP contribution < -0.4 is 5.32 Å². The van der Waals surface area contributed by atoms with Gasteiger partial charge in [-0.1, -0.05) is 13.8 Å². The Morgan fingerprint density at radius 1 is 1.38 bits per heavy atom. The van der Waals surface area contributed by atoms with Crippen LogP contribution in [-0.2, 0) is 16.6 Å². The number of aromatic nitrogens is 2. The highest BCUT2D eigenvalue weighted by atomic mass is 32.2. The molecule has 1 aliphatic rings. The largest absolute Gasteiger partial charge is 0.318 e. The first-order chi connectivity index (χ1) is 9.86. The van der Waals surface area contributed by atoms with Gasteiger partial charge in [0.2, 0.25) is 10.0 Å². The van der Waals surface area contributed by atoms with Crippen LogP contribution in [0.5, 0.6) is 0 Å². The van der Waals surface area contributed by atoms with E-state index < -0.39 is 10.0 Å². The van der Waals surface area contributed by atoms with E-state index in [1.54, 1.807) is 15.2 Å². The zero-order chi connectivity index (χ0) is 15.6. The number of piperidine rings is 1. The van der Waals surface area contributed by atoms with Crippen LogP contribution in [0.15, 0.2) is 17.3 Å². The van der Waals surface area contributed by atoms with Crippen molar-refractivity contribution in [1.82, 2.24) is 19.4 Å². The van der Waals surface area contributed by atoms with Crippen LogP contribution in [0.4, 0.5) is 0 Å². The molecule has 3 unspecified atom stereocenters. The second kappa shape index (κ2) is 6.46. The molecule has 21 heavy (non-hydrogen) atoms. The molecule has 1 N–H and O–H groups in total. The number of hydrogen-bond acceptors (Lipinski definition) is 4. The van der Waals surface area contributed by atoms with Crippen molar-refractivity contribution in [3.05, 3.63) is 12.4 Å². The number of rotatable bonds is 5. The van der Waals surface area contributed by atoms with Gasteiger partial charge in [0, 0.05) is 25.3 Å². The zero-order valence-electron chi connectivity index (χ0n) is 13.3. The summed E-state index contributed by atoms with van der Waals surface area (Å²) in [5.41, 5.74) is 0. The number of nitrogens with one attached hydrogen (secondary N) is 1. The molecule has 0 spiro atoms. The predicted octanol–water partition coefficient (Wildman–Crippen LogP) is 1.16. The molecule has 2 rings (SSSR count). The Balaban J connectivity index is 2.22. The van der Waals surface area contributed by atoms with Crippen LogP contribution in [0.1, 0.15) is 27.2 Å². The molecule has 0 aliphatic carbocycles. The summed E-state index contributed by atoms with van der Waals surface area (Å²) in [6.45, 7) is 8.25. The van der Waals surface area contributed by atoms with E-state index in [1.807, 2.05) is 14.0 Å². The van der Waals surface area contributed by atoms with E-state index in [0.717, 1.165) is 13.0 Å². The van der Waals surface area contributed by atoms with Crippen molar-refractivity contribution in [2.24, 2.45) is 11.8 Å². The van der Waals surface area contributed by atoms with Crippen molar-refractivity contribution in [2.75, 3.05) is 20.1 Å². The third-order valence-corrected chi connectivity index (χ3v) is 6.26. The molecule has 0 aromatic carbocycles. The highest BCUT2D eigenvalue weighted by Crippen LogP contribution is 2.31. The van der Waals surface area contributed by atoms with Gasteiger partial charge in [-0.2, -0.15) is 9.40 Å². The van der Waals surface area contributed by atoms with Crippen LogP contribution in [0, 0.1) is 11.8 Å². The Labute approximate surface area is 127 Å². The van der Waals surface area contributed by atoms with Gasteiger partial charge in [0.15, 0.2) is 0 Å². The maximum Gasteiger partial charge on any atom is 0.246 e. The molecule has 2 heterocycles. The van der Waals surface area contributed by atoms with Gasteiger partial charge in [-0.25, -0.2) is 8.42 Å². The van der Waals surface area contributed by atoms with Crippen LogP contribution in [0.2, 0.25) is 0 Å². The quantitative estimate of drug-likeness (QED) is 0.885. The van der Waals surface area contributed by atoms with Gasteiger partial charge in [0.25, 0.3) is 0 Å². The molecule has 3 atom stereocenters. The molecule has 7 heteroatoms. The Morgan fingerprint density at radius 3 is 2.76 bits per heavy atom. The summed E-state index contributed by atoms with van der Waals surface area (Å²) in [5, 5.41) is 7.17. The highest BCUT2D eigenvalue weighted by molar-refractivity contribution is 7.89. The molecule has 0 amide bonds. The first kappa shape index (κ1) is 16.5. The lowest BCUT2D eigenvalue weighted by Gasteiger charge is -2.39. The zero-order valence-corrected chi connectivity index (χ0v) is 14.1. The molecule has 1 aromatic heterocycles. The topological polar surface area (TPSA) is 67.2 Å². The minimum absolute atomic E-state index is 0.0341. The second-order valence-corrected chi connectivity index (χ2v) is 8.07. The molecule has 0 bridgehead atoms. The van der Waals surface area contributed by atoms with Crippen LogP contribution >= 0.6 is 0 Å². The lowest BCUT2D eigenvalue weighted by atomic mass is 9.88. The van der Waals surface area contributed by atoms with Gasteiger partial charge in [0.05, 0.1) is 12.7 Å². The average molecular weight is 314 g/mol. The third-order valence-electron chi connectivity index (χ3n) is 4.35. The monoisotopic (exact) mass is 314 g/mol. The van der Waals surface area contributed by atoms with Crippen molar-refractivity contribution >= 4 is 10.0 Å². The van der Waals surface area contributed by atoms with Crippen molar-refractivity contribution in [3.8, 4) is 0 Å². The maximum absolute atomic E-state index is 12.8. The van der Waals surface area contributed by atoms with Crippen molar-refractivity contribution in [2.45, 2.75) is 44.7 Å². The van der Waals surface area contributed by atoms with Gasteiger partial charge in [-0.05, 0) is 32.2 Å². The fourth-order valence-corrected chi connectivity index (χ4v) is 4.74. The molecular weight excluding hydrogens is 288 g/mol. The molecule has 6 nitrogen and oxygen atoms in total. The maximum atomic E-state index is 12.8. The van der Waals surface area contributed by atoms with E-state index in [0.29, 0.717) is 29.8 Å². The summed E-state index contributed by atoms with van der Waals surface area (Å²) in [6.07, 6.45) is 4.17. The first-order valence-corrected chi connectivity index (χ1v) is 8.99. The molecular formula is C14H26N4O2S. The normalized spacial score (nSPS) is 27.9. The molecule has 0 radical (unpaired) electrons. The number of sulfonamides is 1. The van der Waals surface area contributed by atoms with E-state index in [4.69, 9.17) is 0 Å². The summed E-state index contributed by atoms with van der Waals surface area (Å²) in [6, 6.07) is 0.0341. The number of nitrogens with zero attached hydrogens (tertiary/aromatic N) is 3. The highest BCUT2D eigenvalue weighted by Gasteiger charge is 2.37. The summed E-state index contributed by atoms with van der Waals surface area (Å²) < 4.78 is 29.0. The van der Waals surface area contributed by atoms with E-state index in [9.17, 15) is 8.42 Å². The van der Waals surface area contributed by atoms with Gasteiger partial charge in [-0.3, -0.25) is 4.68 Å². The summed E-state index contributed by atoms with van der Waals surface area (Å²) >= 11 is 0. The Bertz CT molecular complexity index is 569. The van der Waals surface area contributed by atoms with E-state index >= 15 is 0 Å². The minimum Gasteiger partial charge on any atom is -0.318 e. The minimum atomic E-state index is -3.45. The van der Waals surface area contributed by atoms with Crippen LogP contribution in [0.3, 0.4) is 0 Å². The Kier molecular flexibility index (Phi) is 5.06. The lowest BCUT2D eigenvalue weighted by Crippen LogP contribution is -2.48. The average Bonchev–Trinajstić information content (AvgIpc) is 2.90. The van der Waals surface area contributed by atoms with E-state index in [2.05, 4.69) is 24.3 Å². The van der Waals surface area contributed by atoms with Crippen molar-refractivity contribution in [1.29, 1.82) is 0 Å². The summed E-state index contributed by atoms with van der Waals surface area (Å²) in [7, 11) is -1.59. The fraction of sp³-hybridized carbons (Fsp3) is 0.786. The van der Waals surface area contributed by atoms with Crippen LogP contribution in [0.25, 0.3) is 0 Å². The van der Waals surface area contributed by atoms with E-state index in [-0.39, 0.29) is 6.04 Å². The van der Waals surface area contributed by atoms with Gasteiger partial charge >= 0.3 is 0 Å². The van der Waals surface area contributed by atoms with Crippen molar-refractivity contribution in [3.63, 3.8) is 0 Å². The molecule has 0 saturated carbocycles. The summed E-state index contributed by atoms with van der Waals surface area (Å²) in [5.74, 6) is 0.771. The third kappa shape index (κ3) is 3.46. The molecule has 1 aromatic rings. The first-order valence-electron chi connectivity index (χ1n) is 7.55. The molecule has 1 aliphatic heterocycles. The second-order valence-electron chi connectivity index (χ2n) is 6.18. The lowest BCUT2D eigenvalue weighted by molar-refractivity contribution is 0.157. The van der Waals surface area contributed by atoms with Gasteiger partial charge in [0.1, 0.15) is 4.90 Å². The number of hydrogen-bond donors (Lipinski definition) is 1. The fourth-order valence-electron chi connectivity index (χ4n) is 2.94. The molecule has 1 saturated heterocycles. The van der Waals surface area contributed by atoms with Gasteiger partial charge < -0.3 is 5.32 Å². The Hall–Kier alpha value is -0.920. The predicted molar refractivity (Wildman–Crippen MR) is 82.5 cm³/mol. The smallest absolute Gasteiger partial charge is 0.246 e. The molecule has 120 valence electrons. The standard InChI is InChI=1S/C14H26N4O2S/c1-11-7-12(2)13(3)18(9-11)21(19,20)14-8-16-17(10-14)6-5-15-4/h8,10-13,15H,5-7,9H2,1-4H3. The van der Waals surface area contributed by atoms with Crippen LogP contribution in [-0.4, -0.2) is 48.7 Å². The van der Waals surface area contributed by atoms with E-state index in [1.165, 1.54) is 6.20 Å². The summed E-state index contributed by atoms with van der Waals surface area (Å²) in [4.78, 5) is 0.298. The SMILES string of the molecule is CNCCn1cc(S(=O)(=O)N2CC(C)CC(C)C2C)cn1. The molecule has 1 fully saturated rings. The van der Waals surface area contributed by atoms with Crippen molar-refractivity contribution < 1.29 is 8.42 Å². The van der Waals surface area contributed by atoms with Gasteiger partial charge in [-0.15, -0.1) is 0 Å². The number of likely N-dealkylation sites (N-methyl/N-ethyl adjacent to an activating group) is 1. The Morgan fingerprint density at radius 2 is 2.10 bits per heavy atom.